The van der Waals surface area contributed by atoms with E-state index >= 15 is 0 Å². The zero-order chi connectivity index (χ0) is 14.4. The average Bonchev–Trinajstić information content (AvgIpc) is 2.93. The monoisotopic (exact) mass is 333 g/mol. The zero-order valence-electron chi connectivity index (χ0n) is 10.4. The lowest BCUT2D eigenvalue weighted by atomic mass is 10.4. The minimum Gasteiger partial charge on any atom is -0.397 e. The van der Waals surface area contributed by atoms with Gasteiger partial charge in [-0.1, -0.05) is 0 Å². The topological polar surface area (TPSA) is 109 Å². The minimum absolute atomic E-state index is 0.614. The number of nitrogens with zero attached hydrogens (tertiary/aromatic N) is 5. The Balaban J connectivity index is 0.000000160. The highest BCUT2D eigenvalue weighted by atomic mass is 79.9. The van der Waals surface area contributed by atoms with Crippen molar-refractivity contribution in [3.8, 4) is 5.69 Å². The lowest BCUT2D eigenvalue weighted by Crippen LogP contribution is -1.96. The summed E-state index contributed by atoms with van der Waals surface area (Å²) in [4.78, 5) is 11.5. The molecule has 0 aliphatic rings. The molecule has 20 heavy (non-hydrogen) atoms. The summed E-state index contributed by atoms with van der Waals surface area (Å²) in [5, 5.41) is 3.94. The Morgan fingerprint density at radius 2 is 1.60 bits per heavy atom. The molecule has 0 aliphatic carbocycles. The molecule has 0 aromatic carbocycles. The highest BCUT2D eigenvalue weighted by molar-refractivity contribution is 9.10. The largest absolute Gasteiger partial charge is 0.397 e. The van der Waals surface area contributed by atoms with Gasteiger partial charge in [0.2, 0.25) is 0 Å². The first-order valence-electron chi connectivity index (χ1n) is 5.56. The van der Waals surface area contributed by atoms with Crippen LogP contribution in [0.5, 0.6) is 0 Å². The number of hydrogen-bond donors (Lipinski definition) is 2. The van der Waals surface area contributed by atoms with Crippen LogP contribution >= 0.6 is 15.9 Å². The van der Waals surface area contributed by atoms with Crippen LogP contribution in [0.1, 0.15) is 0 Å². The summed E-state index contributed by atoms with van der Waals surface area (Å²) in [7, 11) is 0. The molecule has 0 atom stereocenters. The van der Waals surface area contributed by atoms with E-state index in [1.807, 2.05) is 0 Å². The van der Waals surface area contributed by atoms with E-state index in [-0.39, 0.29) is 0 Å². The molecule has 0 fully saturated rings. The second kappa shape index (κ2) is 6.62. The van der Waals surface area contributed by atoms with Gasteiger partial charge in [0, 0.05) is 23.1 Å². The van der Waals surface area contributed by atoms with Crippen molar-refractivity contribution in [2.75, 3.05) is 11.5 Å². The second-order valence-corrected chi connectivity index (χ2v) is 4.67. The van der Waals surface area contributed by atoms with Gasteiger partial charge < -0.3 is 11.5 Å². The molecule has 3 rings (SSSR count). The summed E-state index contributed by atoms with van der Waals surface area (Å²) < 4.78 is 2.51. The van der Waals surface area contributed by atoms with E-state index < -0.39 is 0 Å². The number of nitrogens with two attached hydrogens (primary N) is 2. The second-order valence-electron chi connectivity index (χ2n) is 3.75. The average molecular weight is 334 g/mol. The van der Waals surface area contributed by atoms with Gasteiger partial charge in [-0.2, -0.15) is 5.10 Å². The molecule has 3 aromatic heterocycles. The zero-order valence-corrected chi connectivity index (χ0v) is 12.0. The summed E-state index contributed by atoms with van der Waals surface area (Å²) in [6, 6.07) is 3.58. The van der Waals surface area contributed by atoms with E-state index in [1.54, 1.807) is 47.9 Å². The van der Waals surface area contributed by atoms with Gasteiger partial charge in [-0.3, -0.25) is 9.97 Å². The third-order valence-electron chi connectivity index (χ3n) is 2.15. The molecule has 3 heterocycles. The summed E-state index contributed by atoms with van der Waals surface area (Å²) >= 11 is 3.22. The third kappa shape index (κ3) is 4.02. The number of aromatic nitrogens is 5. The highest BCUT2D eigenvalue weighted by Crippen LogP contribution is 2.09. The van der Waals surface area contributed by atoms with Crippen molar-refractivity contribution in [2.45, 2.75) is 0 Å². The van der Waals surface area contributed by atoms with Gasteiger partial charge in [0.25, 0.3) is 0 Å². The van der Waals surface area contributed by atoms with Gasteiger partial charge in [-0.05, 0) is 28.1 Å². The molecule has 0 spiro atoms. The normalized spacial score (nSPS) is 9.65. The highest BCUT2D eigenvalue weighted by Gasteiger charge is 1.96. The van der Waals surface area contributed by atoms with Crippen LogP contribution in [-0.2, 0) is 0 Å². The van der Waals surface area contributed by atoms with Crippen LogP contribution in [0.2, 0.25) is 0 Å². The standard InChI is InChI=1S/C7H7N5.C5H5BrN2/c8-6-1-7(3-9-2-6)12-5-10-4-11-12;6-4-1-5(7)3-8-2-4/h1-5H,8H2;1-3H,7H2. The number of anilines is 2. The number of hydrogen-bond acceptors (Lipinski definition) is 6. The molecule has 3 aromatic rings. The maximum atomic E-state index is 5.54. The molecule has 0 radical (unpaired) electrons. The van der Waals surface area contributed by atoms with Gasteiger partial charge in [0.1, 0.15) is 12.7 Å². The SMILES string of the molecule is Nc1cncc(-n2cncn2)c1.Nc1cncc(Br)c1. The van der Waals surface area contributed by atoms with Gasteiger partial charge in [-0.25, -0.2) is 9.67 Å². The minimum atomic E-state index is 0.614. The summed E-state index contributed by atoms with van der Waals surface area (Å²) in [6.07, 6.45) is 9.60. The van der Waals surface area contributed by atoms with Crippen LogP contribution in [0.15, 0.2) is 54.0 Å². The molecular weight excluding hydrogens is 322 g/mol. The maximum Gasteiger partial charge on any atom is 0.138 e. The fourth-order valence-corrected chi connectivity index (χ4v) is 1.72. The molecule has 0 bridgehead atoms. The third-order valence-corrected chi connectivity index (χ3v) is 2.59. The predicted octanol–water partition coefficient (Wildman–Crippen LogP) is 1.67. The van der Waals surface area contributed by atoms with Crippen molar-refractivity contribution >= 4 is 27.3 Å². The van der Waals surface area contributed by atoms with E-state index in [2.05, 4.69) is 36.0 Å². The van der Waals surface area contributed by atoms with Gasteiger partial charge in [0.05, 0.1) is 23.3 Å². The van der Waals surface area contributed by atoms with E-state index in [0.717, 1.165) is 10.2 Å². The number of halogens is 1. The van der Waals surface area contributed by atoms with E-state index in [1.165, 1.54) is 6.33 Å². The summed E-state index contributed by atoms with van der Waals surface area (Å²) in [5.74, 6) is 0. The van der Waals surface area contributed by atoms with Crippen molar-refractivity contribution in [3.63, 3.8) is 0 Å². The molecule has 0 aliphatic heterocycles. The number of pyridine rings is 2. The van der Waals surface area contributed by atoms with Crippen molar-refractivity contribution in [3.05, 3.63) is 54.0 Å². The van der Waals surface area contributed by atoms with Gasteiger partial charge >= 0.3 is 0 Å². The van der Waals surface area contributed by atoms with Crippen LogP contribution in [0.25, 0.3) is 5.69 Å². The molecule has 102 valence electrons. The van der Waals surface area contributed by atoms with E-state index in [9.17, 15) is 0 Å². The van der Waals surface area contributed by atoms with Crippen molar-refractivity contribution < 1.29 is 0 Å². The van der Waals surface area contributed by atoms with Gasteiger partial charge in [-0.15, -0.1) is 0 Å². The maximum absolute atomic E-state index is 5.54. The molecule has 0 saturated heterocycles. The van der Waals surface area contributed by atoms with Crippen LogP contribution in [-0.4, -0.2) is 24.7 Å². The molecule has 8 heteroatoms. The van der Waals surface area contributed by atoms with Crippen LogP contribution in [0.4, 0.5) is 11.4 Å². The van der Waals surface area contributed by atoms with E-state index in [4.69, 9.17) is 11.5 Å². The fourth-order valence-electron chi connectivity index (χ4n) is 1.34. The Labute approximate surface area is 123 Å². The Hall–Kier alpha value is -2.48. The Bertz CT molecular complexity index is 652. The molecule has 0 unspecified atom stereocenters. The lowest BCUT2D eigenvalue weighted by molar-refractivity contribution is 0.873. The van der Waals surface area contributed by atoms with Crippen LogP contribution in [0, 0.1) is 0 Å². The van der Waals surface area contributed by atoms with Crippen LogP contribution < -0.4 is 11.5 Å². The van der Waals surface area contributed by atoms with Crippen LogP contribution in [0.3, 0.4) is 0 Å². The number of nitrogen functional groups attached to an aromatic ring is 2. The number of rotatable bonds is 1. The van der Waals surface area contributed by atoms with Crippen molar-refractivity contribution in [1.29, 1.82) is 0 Å². The first-order chi connectivity index (χ1) is 9.65. The summed E-state index contributed by atoms with van der Waals surface area (Å²) in [6.45, 7) is 0. The smallest absolute Gasteiger partial charge is 0.138 e. The van der Waals surface area contributed by atoms with E-state index in [0.29, 0.717) is 11.4 Å². The molecular formula is C12H12BrN7. The van der Waals surface area contributed by atoms with Crippen molar-refractivity contribution in [2.24, 2.45) is 0 Å². The lowest BCUT2D eigenvalue weighted by Gasteiger charge is -1.98. The van der Waals surface area contributed by atoms with Gasteiger partial charge in [0.15, 0.2) is 0 Å². The first-order valence-corrected chi connectivity index (χ1v) is 6.36. The Kier molecular flexibility index (Phi) is 4.61. The predicted molar refractivity (Wildman–Crippen MR) is 79.9 cm³/mol. The summed E-state index contributed by atoms with van der Waals surface area (Å²) in [5.41, 5.74) is 13.0. The molecule has 7 nitrogen and oxygen atoms in total. The Morgan fingerprint density at radius 3 is 2.10 bits per heavy atom. The molecule has 0 amide bonds. The van der Waals surface area contributed by atoms with Crippen molar-refractivity contribution in [1.82, 2.24) is 24.7 Å². The molecule has 0 saturated carbocycles. The fraction of sp³-hybridized carbons (Fsp3) is 0. The first kappa shape index (κ1) is 13.9. The Morgan fingerprint density at radius 1 is 0.900 bits per heavy atom. The molecule has 4 N–H and O–H groups in total. The quantitative estimate of drug-likeness (QED) is 0.701.